The summed E-state index contributed by atoms with van der Waals surface area (Å²) < 4.78 is 5.69. The number of nitriles is 1. The molecule has 122 valence electrons. The number of hydrogen-bond donors (Lipinski definition) is 2. The first kappa shape index (κ1) is 16.0. The fourth-order valence-corrected chi connectivity index (χ4v) is 2.82. The smallest absolute Gasteiger partial charge is 0.230 e. The summed E-state index contributed by atoms with van der Waals surface area (Å²) >= 11 is 0. The highest BCUT2D eigenvalue weighted by molar-refractivity contribution is 5.93. The van der Waals surface area contributed by atoms with Gasteiger partial charge in [0, 0.05) is 5.69 Å². The Hall–Kier alpha value is -2.84. The first-order chi connectivity index (χ1) is 11.7. The second-order valence-electron chi connectivity index (χ2n) is 5.86. The van der Waals surface area contributed by atoms with Gasteiger partial charge in [-0.1, -0.05) is 0 Å². The summed E-state index contributed by atoms with van der Waals surface area (Å²) in [7, 11) is 0. The Morgan fingerprint density at radius 2 is 1.71 bits per heavy atom. The number of aliphatic hydroxyl groups excluding tert-OH is 1. The number of carbonyl (C=O) groups excluding carboxylic acids is 1. The molecule has 0 saturated heterocycles. The second kappa shape index (κ2) is 7.16. The Bertz CT molecular complexity index is 748. The fourth-order valence-electron chi connectivity index (χ4n) is 2.82. The van der Waals surface area contributed by atoms with Crippen molar-refractivity contribution in [3.05, 3.63) is 54.1 Å². The summed E-state index contributed by atoms with van der Waals surface area (Å²) in [6, 6.07) is 16.0. The van der Waals surface area contributed by atoms with Crippen molar-refractivity contribution in [3.8, 4) is 17.6 Å². The van der Waals surface area contributed by atoms with E-state index in [1.165, 1.54) is 0 Å². The van der Waals surface area contributed by atoms with Crippen molar-refractivity contribution in [2.75, 3.05) is 5.32 Å². The van der Waals surface area contributed by atoms with Gasteiger partial charge in [0.25, 0.3) is 0 Å². The van der Waals surface area contributed by atoms with Crippen molar-refractivity contribution >= 4 is 11.6 Å². The highest BCUT2D eigenvalue weighted by Gasteiger charge is 2.31. The minimum absolute atomic E-state index is 0.138. The number of benzene rings is 2. The van der Waals surface area contributed by atoms with E-state index < -0.39 is 6.10 Å². The molecule has 2 aromatic rings. The second-order valence-corrected chi connectivity index (χ2v) is 5.86. The zero-order valence-corrected chi connectivity index (χ0v) is 13.1. The van der Waals surface area contributed by atoms with Gasteiger partial charge in [0.1, 0.15) is 11.5 Å². The Labute approximate surface area is 140 Å². The van der Waals surface area contributed by atoms with Gasteiger partial charge in [-0.25, -0.2) is 0 Å². The van der Waals surface area contributed by atoms with Crippen LogP contribution in [-0.4, -0.2) is 17.1 Å². The molecular formula is C19H18N2O3. The van der Waals surface area contributed by atoms with Crippen LogP contribution in [-0.2, 0) is 4.79 Å². The Morgan fingerprint density at radius 3 is 2.25 bits per heavy atom. The van der Waals surface area contributed by atoms with Gasteiger partial charge in [-0.15, -0.1) is 0 Å². The number of anilines is 1. The Kier molecular flexibility index (Phi) is 4.78. The predicted molar refractivity (Wildman–Crippen MR) is 89.7 cm³/mol. The lowest BCUT2D eigenvalue weighted by atomic mass is 10.1. The van der Waals surface area contributed by atoms with E-state index in [2.05, 4.69) is 11.4 Å². The van der Waals surface area contributed by atoms with Gasteiger partial charge >= 0.3 is 0 Å². The van der Waals surface area contributed by atoms with Gasteiger partial charge in [-0.3, -0.25) is 4.79 Å². The van der Waals surface area contributed by atoms with E-state index in [0.717, 1.165) is 12.8 Å². The minimum Gasteiger partial charge on any atom is -0.457 e. The zero-order valence-electron chi connectivity index (χ0n) is 13.1. The lowest BCUT2D eigenvalue weighted by Gasteiger charge is -2.14. The molecule has 24 heavy (non-hydrogen) atoms. The van der Waals surface area contributed by atoms with Crippen molar-refractivity contribution in [3.63, 3.8) is 0 Å². The van der Waals surface area contributed by atoms with Gasteiger partial charge in [-0.2, -0.15) is 5.26 Å². The summed E-state index contributed by atoms with van der Waals surface area (Å²) in [6.07, 6.45) is 1.77. The Balaban J connectivity index is 1.60. The molecule has 0 bridgehead atoms. The lowest BCUT2D eigenvalue weighted by Crippen LogP contribution is -2.28. The summed E-state index contributed by atoms with van der Waals surface area (Å²) in [6.45, 7) is 0. The highest BCUT2D eigenvalue weighted by Crippen LogP contribution is 2.28. The number of rotatable bonds is 4. The molecule has 2 atom stereocenters. The van der Waals surface area contributed by atoms with Gasteiger partial charge in [0.15, 0.2) is 0 Å². The van der Waals surface area contributed by atoms with E-state index >= 15 is 0 Å². The molecule has 2 unspecified atom stereocenters. The van der Waals surface area contributed by atoms with Gasteiger partial charge in [0.05, 0.1) is 23.7 Å². The third-order valence-electron chi connectivity index (χ3n) is 4.16. The molecule has 0 heterocycles. The van der Waals surface area contributed by atoms with E-state index in [1.54, 1.807) is 48.5 Å². The molecule has 0 spiro atoms. The highest BCUT2D eigenvalue weighted by atomic mass is 16.5. The van der Waals surface area contributed by atoms with E-state index in [0.29, 0.717) is 29.2 Å². The molecule has 3 rings (SSSR count). The van der Waals surface area contributed by atoms with Crippen LogP contribution in [0.3, 0.4) is 0 Å². The molecule has 0 radical (unpaired) electrons. The minimum atomic E-state index is -0.538. The van der Waals surface area contributed by atoms with Crippen molar-refractivity contribution in [2.24, 2.45) is 5.92 Å². The van der Waals surface area contributed by atoms with Crippen molar-refractivity contribution < 1.29 is 14.6 Å². The van der Waals surface area contributed by atoms with Crippen LogP contribution >= 0.6 is 0 Å². The molecule has 1 aliphatic rings. The number of ether oxygens (including phenoxy) is 1. The number of amides is 1. The fraction of sp³-hybridized carbons (Fsp3) is 0.263. The van der Waals surface area contributed by atoms with Crippen LogP contribution < -0.4 is 10.1 Å². The zero-order chi connectivity index (χ0) is 16.9. The normalized spacial score (nSPS) is 19.5. The number of aliphatic hydroxyl groups is 1. The van der Waals surface area contributed by atoms with E-state index in [4.69, 9.17) is 10.00 Å². The molecule has 1 fully saturated rings. The largest absolute Gasteiger partial charge is 0.457 e. The molecule has 1 saturated carbocycles. The van der Waals surface area contributed by atoms with Crippen LogP contribution in [0.15, 0.2) is 48.5 Å². The van der Waals surface area contributed by atoms with Crippen molar-refractivity contribution in [1.29, 1.82) is 5.26 Å². The maximum absolute atomic E-state index is 12.1. The maximum atomic E-state index is 12.1. The van der Waals surface area contributed by atoms with Crippen LogP contribution in [0.5, 0.6) is 11.5 Å². The molecule has 5 heteroatoms. The molecule has 2 aromatic carbocycles. The molecule has 1 aliphatic carbocycles. The van der Waals surface area contributed by atoms with Crippen LogP contribution in [0.2, 0.25) is 0 Å². The van der Waals surface area contributed by atoms with Crippen LogP contribution in [0.25, 0.3) is 0 Å². The van der Waals surface area contributed by atoms with E-state index in [-0.39, 0.29) is 11.8 Å². The quantitative estimate of drug-likeness (QED) is 0.903. The monoisotopic (exact) mass is 322 g/mol. The van der Waals surface area contributed by atoms with Crippen LogP contribution in [0.4, 0.5) is 5.69 Å². The number of nitrogens with zero attached hydrogens (tertiary/aromatic N) is 1. The lowest BCUT2D eigenvalue weighted by molar-refractivity contribution is -0.122. The third-order valence-corrected chi connectivity index (χ3v) is 4.16. The molecule has 0 aliphatic heterocycles. The topological polar surface area (TPSA) is 82.3 Å². The molecular weight excluding hydrogens is 304 g/mol. The average Bonchev–Trinajstić information content (AvgIpc) is 3.03. The molecule has 2 N–H and O–H groups in total. The maximum Gasteiger partial charge on any atom is 0.230 e. The molecule has 0 aromatic heterocycles. The first-order valence-electron chi connectivity index (χ1n) is 7.93. The van der Waals surface area contributed by atoms with E-state index in [1.807, 2.05) is 0 Å². The summed E-state index contributed by atoms with van der Waals surface area (Å²) in [4.78, 5) is 12.1. The van der Waals surface area contributed by atoms with Gasteiger partial charge in [-0.05, 0) is 67.8 Å². The standard InChI is InChI=1S/C19H18N2O3/c20-12-13-4-8-15(9-5-13)24-16-10-6-14(7-11-16)21-19(23)17-2-1-3-18(17)22/h4-11,17-18,22H,1-3H2,(H,21,23). The number of hydrogen-bond acceptors (Lipinski definition) is 4. The predicted octanol–water partition coefficient (Wildman–Crippen LogP) is 3.45. The third kappa shape index (κ3) is 3.73. The van der Waals surface area contributed by atoms with Crippen LogP contribution in [0.1, 0.15) is 24.8 Å². The molecule has 5 nitrogen and oxygen atoms in total. The van der Waals surface area contributed by atoms with Crippen molar-refractivity contribution in [1.82, 2.24) is 0 Å². The van der Waals surface area contributed by atoms with Crippen LogP contribution in [0, 0.1) is 17.2 Å². The van der Waals surface area contributed by atoms with Crippen molar-refractivity contribution in [2.45, 2.75) is 25.4 Å². The molecule has 1 amide bonds. The number of nitrogens with one attached hydrogen (secondary N) is 1. The van der Waals surface area contributed by atoms with Gasteiger partial charge < -0.3 is 15.2 Å². The number of carbonyl (C=O) groups is 1. The average molecular weight is 322 g/mol. The summed E-state index contributed by atoms with van der Waals surface area (Å²) in [5.74, 6) is 0.818. The van der Waals surface area contributed by atoms with E-state index in [9.17, 15) is 9.90 Å². The van der Waals surface area contributed by atoms with Gasteiger partial charge in [0.2, 0.25) is 5.91 Å². The SMILES string of the molecule is N#Cc1ccc(Oc2ccc(NC(=O)C3CCCC3O)cc2)cc1. The Morgan fingerprint density at radius 1 is 1.08 bits per heavy atom. The summed E-state index contributed by atoms with van der Waals surface area (Å²) in [5, 5.41) is 21.4. The first-order valence-corrected chi connectivity index (χ1v) is 7.93. The summed E-state index contributed by atoms with van der Waals surface area (Å²) in [5.41, 5.74) is 1.25.